The lowest BCUT2D eigenvalue weighted by atomic mass is 9.94. The van der Waals surface area contributed by atoms with E-state index in [9.17, 15) is 0 Å². The number of nitrogens with zero attached hydrogens (tertiary/aromatic N) is 2. The first-order valence-electron chi connectivity index (χ1n) is 16.4. The van der Waals surface area contributed by atoms with E-state index in [2.05, 4.69) is 102 Å². The first-order chi connectivity index (χ1) is 20.5. The average Bonchev–Trinajstić information content (AvgIpc) is 3.74. The summed E-state index contributed by atoms with van der Waals surface area (Å²) in [6, 6.07) is 0. The summed E-state index contributed by atoms with van der Waals surface area (Å²) >= 11 is 0. The molecule has 0 saturated heterocycles. The highest BCUT2D eigenvalue weighted by Crippen LogP contribution is 2.36. The largest absolute Gasteiger partial charge is 0.355 e. The summed E-state index contributed by atoms with van der Waals surface area (Å²) in [5.74, 6) is 0. The van der Waals surface area contributed by atoms with Gasteiger partial charge in [0.2, 0.25) is 0 Å². The van der Waals surface area contributed by atoms with Gasteiger partial charge in [0.25, 0.3) is 0 Å². The molecule has 0 unspecified atom stereocenters. The number of hydrogen-bond donors (Lipinski definition) is 2. The fourth-order valence-electron chi connectivity index (χ4n) is 7.25. The second-order valence-corrected chi connectivity index (χ2v) is 11.3. The summed E-state index contributed by atoms with van der Waals surface area (Å²) in [5.41, 5.74) is 17.8. The Morgan fingerprint density at radius 3 is 1.52 bits per heavy atom. The Balaban J connectivity index is 1.87. The third kappa shape index (κ3) is 4.99. The molecule has 2 aromatic rings. The van der Waals surface area contributed by atoms with Crippen LogP contribution in [-0.2, 0) is 25.7 Å². The molecule has 3 aliphatic heterocycles. The van der Waals surface area contributed by atoms with Crippen molar-refractivity contribution in [3.63, 3.8) is 0 Å². The van der Waals surface area contributed by atoms with Crippen LogP contribution in [0.15, 0.2) is 61.9 Å². The van der Waals surface area contributed by atoms with E-state index in [0.717, 1.165) is 74.2 Å². The maximum Gasteiger partial charge on any atom is 0.0910 e. The van der Waals surface area contributed by atoms with Crippen LogP contribution in [0.1, 0.15) is 115 Å². The zero-order valence-electron chi connectivity index (χ0n) is 27.0. The Morgan fingerprint density at radius 1 is 0.476 bits per heavy atom. The van der Waals surface area contributed by atoms with E-state index in [-0.39, 0.29) is 0 Å². The van der Waals surface area contributed by atoms with Crippen LogP contribution in [-0.4, -0.2) is 21.4 Å². The van der Waals surface area contributed by atoms with Crippen LogP contribution in [0.5, 0.6) is 0 Å². The van der Waals surface area contributed by atoms with Gasteiger partial charge in [-0.2, -0.15) is 0 Å². The number of nitrogens with one attached hydrogen (secondary N) is 2. The third-order valence-corrected chi connectivity index (χ3v) is 9.24. The molecule has 0 aliphatic carbocycles. The molecule has 5 heterocycles. The lowest BCUT2D eigenvalue weighted by Gasteiger charge is -2.08. The van der Waals surface area contributed by atoms with Gasteiger partial charge in [-0.15, -0.1) is 0 Å². The monoisotopic (exact) mass is 560 g/mol. The van der Waals surface area contributed by atoms with E-state index in [0.29, 0.717) is 0 Å². The van der Waals surface area contributed by atoms with Crippen molar-refractivity contribution in [1.82, 2.24) is 9.97 Å². The molecule has 0 amide bonds. The molecule has 2 aromatic heterocycles. The standard InChI is InChI=1S/C38H48N4/c1-9-23-25(11-3)33-19-21-35-27(13-5)29(15-7)37(41-35)38-30(16-8)28(14-6)36(42-38)22-20-34-26(12-4)24(10-2)32(40-34)18-17-31(23)39-33/h17-22,39,42H,9-16H2,1-8H3/b18-17?,21-19?,22-20-,31-17-,32-18+,33-19-,34-20?,35-21-,36-22?,38-37?. The normalized spacial score (nSPS) is 21.4. The molecule has 5 rings (SSSR count). The first kappa shape index (κ1) is 29.8. The Kier molecular flexibility index (Phi) is 9.01. The first-order valence-corrected chi connectivity index (χ1v) is 16.4. The lowest BCUT2D eigenvalue weighted by Crippen LogP contribution is -2.11. The molecule has 2 N–H and O–H groups in total. The minimum Gasteiger partial charge on any atom is -0.355 e. The summed E-state index contributed by atoms with van der Waals surface area (Å²) in [7, 11) is 0. The van der Waals surface area contributed by atoms with Gasteiger partial charge in [-0.3, -0.25) is 0 Å². The molecule has 0 spiro atoms. The van der Waals surface area contributed by atoms with Gasteiger partial charge < -0.3 is 9.97 Å². The molecule has 8 bridgehead atoms. The van der Waals surface area contributed by atoms with Crippen molar-refractivity contribution in [2.75, 3.05) is 0 Å². The Bertz CT molecular complexity index is 1730. The van der Waals surface area contributed by atoms with Crippen molar-refractivity contribution in [3.05, 3.63) is 96.3 Å². The molecular weight excluding hydrogens is 512 g/mol. The molecule has 0 saturated carbocycles. The minimum atomic E-state index is 0.964. The van der Waals surface area contributed by atoms with E-state index < -0.39 is 0 Å². The summed E-state index contributed by atoms with van der Waals surface area (Å²) in [6.07, 6.45) is 21.3. The number of rotatable bonds is 8. The van der Waals surface area contributed by atoms with Crippen LogP contribution in [0.2, 0.25) is 0 Å². The topological polar surface area (TPSA) is 56.3 Å². The molecule has 3 aliphatic rings. The molecule has 220 valence electrons. The minimum absolute atomic E-state index is 0.964. The lowest BCUT2D eigenvalue weighted by molar-refractivity contribution is 1.04. The number of H-pyrrole nitrogens is 2. The summed E-state index contributed by atoms with van der Waals surface area (Å²) in [4.78, 5) is 18.2. The molecule has 42 heavy (non-hydrogen) atoms. The molecule has 4 nitrogen and oxygen atoms in total. The Morgan fingerprint density at radius 2 is 1.00 bits per heavy atom. The van der Waals surface area contributed by atoms with Gasteiger partial charge in [0.15, 0.2) is 0 Å². The van der Waals surface area contributed by atoms with E-state index in [1.807, 2.05) is 0 Å². The molecule has 0 radical (unpaired) electrons. The smallest absolute Gasteiger partial charge is 0.0910 e. The highest BCUT2D eigenvalue weighted by atomic mass is 14.9. The quantitative estimate of drug-likeness (QED) is 0.327. The molecule has 0 fully saturated rings. The zero-order chi connectivity index (χ0) is 30.0. The van der Waals surface area contributed by atoms with Gasteiger partial charge in [0, 0.05) is 16.4 Å². The number of aromatic amines is 2. The van der Waals surface area contributed by atoms with Gasteiger partial charge in [-0.05, 0) is 132 Å². The Labute approximate surface area is 252 Å². The SMILES string of the molecule is CCC1=C(CC)/C2=C/C=c3\[nH]/c(c(CC)c3CC)=C\C=C3N=C(/C=C\c4[nH]c(c(CC)c4CC)C1=N2)C(CC)=C\3CC. The zero-order valence-corrected chi connectivity index (χ0v) is 27.0. The van der Waals surface area contributed by atoms with Crippen molar-refractivity contribution in [1.29, 1.82) is 0 Å². The highest BCUT2D eigenvalue weighted by Gasteiger charge is 2.27. The van der Waals surface area contributed by atoms with Gasteiger partial charge >= 0.3 is 0 Å². The van der Waals surface area contributed by atoms with Crippen molar-refractivity contribution in [2.24, 2.45) is 9.98 Å². The van der Waals surface area contributed by atoms with Gasteiger partial charge in [0.1, 0.15) is 0 Å². The van der Waals surface area contributed by atoms with Crippen molar-refractivity contribution >= 4 is 29.7 Å². The number of aromatic nitrogens is 2. The van der Waals surface area contributed by atoms with Crippen LogP contribution in [0.3, 0.4) is 0 Å². The van der Waals surface area contributed by atoms with Crippen LogP contribution in [0.4, 0.5) is 0 Å². The number of hydrogen-bond acceptors (Lipinski definition) is 2. The van der Waals surface area contributed by atoms with Crippen LogP contribution in [0.25, 0.3) is 18.2 Å². The number of fused-ring (bicyclic) bond motifs is 7. The van der Waals surface area contributed by atoms with E-state index in [1.165, 1.54) is 66.6 Å². The fraction of sp³-hybridized carbons (Fsp3) is 0.421. The Hall–Kier alpha value is -3.66. The molecule has 4 heteroatoms. The van der Waals surface area contributed by atoms with E-state index >= 15 is 0 Å². The maximum absolute atomic E-state index is 5.35. The fourth-order valence-corrected chi connectivity index (χ4v) is 7.25. The number of allylic oxidation sites excluding steroid dienone is 7. The van der Waals surface area contributed by atoms with Crippen LogP contribution < -0.4 is 10.7 Å². The van der Waals surface area contributed by atoms with Crippen molar-refractivity contribution in [2.45, 2.75) is 107 Å². The summed E-state index contributed by atoms with van der Waals surface area (Å²) in [6.45, 7) is 18.1. The predicted octanol–water partition coefficient (Wildman–Crippen LogP) is 8.14. The van der Waals surface area contributed by atoms with Crippen molar-refractivity contribution in [3.8, 4) is 0 Å². The summed E-state index contributed by atoms with van der Waals surface area (Å²) < 4.78 is 0. The maximum atomic E-state index is 5.35. The van der Waals surface area contributed by atoms with E-state index in [1.54, 1.807) is 0 Å². The molecule has 0 aromatic carbocycles. The van der Waals surface area contributed by atoms with Crippen LogP contribution >= 0.6 is 0 Å². The third-order valence-electron chi connectivity index (χ3n) is 9.24. The van der Waals surface area contributed by atoms with E-state index in [4.69, 9.17) is 9.98 Å². The predicted molar refractivity (Wildman–Crippen MR) is 182 cm³/mol. The number of aliphatic imine (C=N–C) groups is 2. The van der Waals surface area contributed by atoms with Crippen molar-refractivity contribution < 1.29 is 0 Å². The second kappa shape index (κ2) is 12.7. The molecular formula is C38H48N4. The van der Waals surface area contributed by atoms with Gasteiger partial charge in [-0.1, -0.05) is 55.4 Å². The highest BCUT2D eigenvalue weighted by molar-refractivity contribution is 6.17. The second-order valence-electron chi connectivity index (χ2n) is 11.3. The summed E-state index contributed by atoms with van der Waals surface area (Å²) in [5, 5.41) is 2.38. The van der Waals surface area contributed by atoms with Crippen LogP contribution in [0, 0.1) is 0 Å². The average molecular weight is 561 g/mol. The van der Waals surface area contributed by atoms with Gasteiger partial charge in [-0.25, -0.2) is 9.98 Å². The van der Waals surface area contributed by atoms with Gasteiger partial charge in [0.05, 0.1) is 28.5 Å². The molecule has 0 atom stereocenters.